The summed E-state index contributed by atoms with van der Waals surface area (Å²) in [5.74, 6) is -0.0901. The van der Waals surface area contributed by atoms with E-state index in [9.17, 15) is 13.6 Å². The predicted molar refractivity (Wildman–Crippen MR) is 60.9 cm³/mol. The number of carbonyl (C=O) groups is 1. The highest BCUT2D eigenvalue weighted by atomic mass is 19.2. The molecule has 1 heterocycles. The molecule has 2 aliphatic rings. The summed E-state index contributed by atoms with van der Waals surface area (Å²) in [7, 11) is 0. The number of rotatable bonds is 2. The number of hydrogen-bond acceptors (Lipinski definition) is 2. The maximum absolute atomic E-state index is 13.0. The van der Waals surface area contributed by atoms with Crippen LogP contribution in [0.25, 0.3) is 0 Å². The van der Waals surface area contributed by atoms with Crippen LogP contribution in [0, 0.1) is 5.92 Å². The van der Waals surface area contributed by atoms with Crippen LogP contribution in [0.4, 0.5) is 8.78 Å². The standard InChI is InChI=1S/C12H20F2N2O/c13-9-6-16(7-10(9)14)12(17)11(15)8-4-2-1-3-5-8/h8-11H,1-7,15H2/t9?,10?,11-/m0/s1. The molecule has 1 saturated heterocycles. The lowest BCUT2D eigenvalue weighted by atomic mass is 9.84. The van der Waals surface area contributed by atoms with Gasteiger partial charge < -0.3 is 10.6 Å². The van der Waals surface area contributed by atoms with Crippen LogP contribution in [-0.4, -0.2) is 42.3 Å². The predicted octanol–water partition coefficient (Wildman–Crippen LogP) is 1.41. The summed E-state index contributed by atoms with van der Waals surface area (Å²) in [6, 6.07) is -0.576. The van der Waals surface area contributed by atoms with Gasteiger partial charge in [-0.05, 0) is 18.8 Å². The minimum absolute atomic E-state index is 0.138. The number of alkyl halides is 2. The third kappa shape index (κ3) is 2.76. The first-order chi connectivity index (χ1) is 8.09. The van der Waals surface area contributed by atoms with Crippen molar-refractivity contribution in [2.45, 2.75) is 50.5 Å². The second-order valence-electron chi connectivity index (χ2n) is 5.20. The largest absolute Gasteiger partial charge is 0.335 e. The first-order valence-corrected chi connectivity index (χ1v) is 6.42. The van der Waals surface area contributed by atoms with Gasteiger partial charge in [-0.1, -0.05) is 19.3 Å². The third-order valence-electron chi connectivity index (χ3n) is 3.94. The molecule has 1 amide bonds. The average molecular weight is 246 g/mol. The lowest BCUT2D eigenvalue weighted by molar-refractivity contribution is -0.133. The first kappa shape index (κ1) is 12.7. The summed E-state index contributed by atoms with van der Waals surface area (Å²) in [4.78, 5) is 13.2. The van der Waals surface area contributed by atoms with E-state index in [2.05, 4.69) is 0 Å². The molecule has 0 aromatic carbocycles. The van der Waals surface area contributed by atoms with Gasteiger partial charge >= 0.3 is 0 Å². The molecule has 1 aliphatic carbocycles. The molecule has 0 bridgehead atoms. The summed E-state index contributed by atoms with van der Waals surface area (Å²) >= 11 is 0. The van der Waals surface area contributed by atoms with Crippen LogP contribution in [0.15, 0.2) is 0 Å². The summed E-state index contributed by atoms with van der Waals surface area (Å²) in [5, 5.41) is 0. The van der Waals surface area contributed by atoms with E-state index < -0.39 is 18.4 Å². The summed E-state index contributed by atoms with van der Waals surface area (Å²) in [6.07, 6.45) is 2.22. The fraction of sp³-hybridized carbons (Fsp3) is 0.917. The van der Waals surface area contributed by atoms with Gasteiger partial charge in [0.2, 0.25) is 5.91 Å². The molecule has 1 aliphatic heterocycles. The highest BCUT2D eigenvalue weighted by molar-refractivity contribution is 5.82. The Morgan fingerprint density at radius 2 is 1.65 bits per heavy atom. The monoisotopic (exact) mass is 246 g/mol. The number of amides is 1. The van der Waals surface area contributed by atoms with Crippen LogP contribution in [-0.2, 0) is 4.79 Å². The summed E-state index contributed by atoms with van der Waals surface area (Å²) in [5.41, 5.74) is 5.93. The summed E-state index contributed by atoms with van der Waals surface area (Å²) < 4.78 is 26.0. The smallest absolute Gasteiger partial charge is 0.239 e. The minimum Gasteiger partial charge on any atom is -0.335 e. The van der Waals surface area contributed by atoms with Gasteiger partial charge in [-0.15, -0.1) is 0 Å². The normalized spacial score (nSPS) is 32.8. The van der Waals surface area contributed by atoms with E-state index in [0.717, 1.165) is 25.7 Å². The molecule has 5 heteroatoms. The van der Waals surface area contributed by atoms with Gasteiger partial charge in [-0.3, -0.25) is 4.79 Å². The van der Waals surface area contributed by atoms with Crippen molar-refractivity contribution in [3.8, 4) is 0 Å². The van der Waals surface area contributed by atoms with Gasteiger partial charge in [0.1, 0.15) is 0 Å². The van der Waals surface area contributed by atoms with Crippen LogP contribution in [0.1, 0.15) is 32.1 Å². The Balaban J connectivity index is 1.90. The zero-order valence-electron chi connectivity index (χ0n) is 9.95. The number of nitrogens with two attached hydrogens (primary N) is 1. The van der Waals surface area contributed by atoms with Gasteiger partial charge in [-0.25, -0.2) is 8.78 Å². The number of carbonyl (C=O) groups excluding carboxylic acids is 1. The van der Waals surface area contributed by atoms with Crippen LogP contribution in [0.5, 0.6) is 0 Å². The van der Waals surface area contributed by atoms with E-state index in [4.69, 9.17) is 5.73 Å². The first-order valence-electron chi connectivity index (χ1n) is 6.42. The van der Waals surface area contributed by atoms with Gasteiger partial charge in [0.25, 0.3) is 0 Å². The highest BCUT2D eigenvalue weighted by Crippen LogP contribution is 2.27. The van der Waals surface area contributed by atoms with Crippen molar-refractivity contribution in [1.82, 2.24) is 4.90 Å². The van der Waals surface area contributed by atoms with E-state index in [1.54, 1.807) is 0 Å². The van der Waals surface area contributed by atoms with Crippen molar-refractivity contribution >= 4 is 5.91 Å². The third-order valence-corrected chi connectivity index (χ3v) is 3.94. The Morgan fingerprint density at radius 3 is 2.18 bits per heavy atom. The van der Waals surface area contributed by atoms with E-state index >= 15 is 0 Å². The number of likely N-dealkylation sites (tertiary alicyclic amines) is 1. The molecule has 3 atom stereocenters. The zero-order valence-corrected chi connectivity index (χ0v) is 9.95. The van der Waals surface area contributed by atoms with Crippen molar-refractivity contribution in [1.29, 1.82) is 0 Å². The Kier molecular flexibility index (Phi) is 3.97. The Morgan fingerprint density at radius 1 is 1.12 bits per heavy atom. The van der Waals surface area contributed by atoms with Crippen molar-refractivity contribution in [2.75, 3.05) is 13.1 Å². The van der Waals surface area contributed by atoms with Gasteiger partial charge in [0.05, 0.1) is 19.1 Å². The van der Waals surface area contributed by atoms with E-state index in [0.29, 0.717) is 0 Å². The molecule has 0 aromatic rings. The molecule has 17 heavy (non-hydrogen) atoms. The van der Waals surface area contributed by atoms with Gasteiger partial charge in [-0.2, -0.15) is 0 Å². The molecular weight excluding hydrogens is 226 g/mol. The van der Waals surface area contributed by atoms with Gasteiger partial charge in [0.15, 0.2) is 12.3 Å². The SMILES string of the molecule is N[C@H](C(=O)N1CC(F)C(F)C1)C1CCCCC1. The van der Waals surface area contributed by atoms with Crippen LogP contribution >= 0.6 is 0 Å². The van der Waals surface area contributed by atoms with E-state index in [-0.39, 0.29) is 24.9 Å². The number of hydrogen-bond donors (Lipinski definition) is 1. The topological polar surface area (TPSA) is 46.3 Å². The fourth-order valence-corrected chi connectivity index (χ4v) is 2.81. The maximum Gasteiger partial charge on any atom is 0.239 e. The minimum atomic E-state index is -1.54. The average Bonchev–Trinajstić information content (AvgIpc) is 2.69. The molecule has 1 saturated carbocycles. The molecule has 2 unspecified atom stereocenters. The molecule has 2 N–H and O–H groups in total. The number of nitrogens with zero attached hydrogens (tertiary/aromatic N) is 1. The summed E-state index contributed by atoms with van der Waals surface area (Å²) in [6.45, 7) is -0.277. The molecule has 98 valence electrons. The second-order valence-corrected chi connectivity index (χ2v) is 5.20. The van der Waals surface area contributed by atoms with Crippen molar-refractivity contribution in [3.05, 3.63) is 0 Å². The lowest BCUT2D eigenvalue weighted by Crippen LogP contribution is -2.47. The molecule has 0 spiro atoms. The molecule has 2 fully saturated rings. The van der Waals surface area contributed by atoms with Crippen molar-refractivity contribution < 1.29 is 13.6 Å². The Hall–Kier alpha value is -0.710. The van der Waals surface area contributed by atoms with Crippen LogP contribution < -0.4 is 5.73 Å². The van der Waals surface area contributed by atoms with Crippen molar-refractivity contribution in [3.63, 3.8) is 0 Å². The lowest BCUT2D eigenvalue weighted by Gasteiger charge is -2.29. The second kappa shape index (κ2) is 5.29. The van der Waals surface area contributed by atoms with E-state index in [1.807, 2.05) is 0 Å². The molecule has 2 rings (SSSR count). The van der Waals surface area contributed by atoms with Gasteiger partial charge in [0, 0.05) is 0 Å². The number of halogens is 2. The van der Waals surface area contributed by atoms with Crippen molar-refractivity contribution in [2.24, 2.45) is 11.7 Å². The van der Waals surface area contributed by atoms with Crippen LogP contribution in [0.3, 0.4) is 0 Å². The zero-order chi connectivity index (χ0) is 12.4. The highest BCUT2D eigenvalue weighted by Gasteiger charge is 2.38. The van der Waals surface area contributed by atoms with E-state index in [1.165, 1.54) is 11.3 Å². The Bertz CT molecular complexity index is 272. The molecular formula is C12H20F2N2O. The Labute approximate surface area is 100 Å². The quantitative estimate of drug-likeness (QED) is 0.800. The molecule has 0 aromatic heterocycles. The fourth-order valence-electron chi connectivity index (χ4n) is 2.81. The molecule has 3 nitrogen and oxygen atoms in total. The molecule has 0 radical (unpaired) electrons. The maximum atomic E-state index is 13.0. The van der Waals surface area contributed by atoms with Crippen LogP contribution in [0.2, 0.25) is 0 Å².